The van der Waals surface area contributed by atoms with E-state index in [-0.39, 0.29) is 0 Å². The van der Waals surface area contributed by atoms with Crippen molar-refractivity contribution in [2.75, 3.05) is 6.61 Å². The van der Waals surface area contributed by atoms with Gasteiger partial charge in [-0.3, -0.25) is 0 Å². The topological polar surface area (TPSA) is 70.9 Å². The zero-order valence-electron chi connectivity index (χ0n) is 18.8. The minimum absolute atomic E-state index is 0.330. The van der Waals surface area contributed by atoms with E-state index in [0.717, 1.165) is 27.7 Å². The third-order valence-electron chi connectivity index (χ3n) is 5.39. The number of rotatable bonds is 7. The summed E-state index contributed by atoms with van der Waals surface area (Å²) >= 11 is 6.24. The van der Waals surface area contributed by atoms with Crippen LogP contribution in [0.4, 0.5) is 0 Å². The molecular formula is C27H24ClN3O2. The molecule has 0 fully saturated rings. The molecule has 0 saturated heterocycles. The average Bonchev–Trinajstić information content (AvgIpc) is 3.20. The van der Waals surface area contributed by atoms with Gasteiger partial charge in [0, 0.05) is 10.6 Å². The van der Waals surface area contributed by atoms with Crippen molar-refractivity contribution in [1.82, 2.24) is 9.97 Å². The van der Waals surface area contributed by atoms with Crippen LogP contribution in [0.1, 0.15) is 35.0 Å². The van der Waals surface area contributed by atoms with Crippen molar-refractivity contribution in [3.05, 3.63) is 87.7 Å². The molecule has 166 valence electrons. The predicted octanol–water partition coefficient (Wildman–Crippen LogP) is 6.88. The number of nitrogens with zero attached hydrogens (tertiary/aromatic N) is 2. The number of aryl methyl sites for hydroxylation is 2. The van der Waals surface area contributed by atoms with Crippen LogP contribution in [0.2, 0.25) is 5.02 Å². The van der Waals surface area contributed by atoms with Gasteiger partial charge in [0.15, 0.2) is 11.5 Å². The fourth-order valence-electron chi connectivity index (χ4n) is 3.49. The number of halogens is 1. The Hall–Kier alpha value is -3.75. The van der Waals surface area contributed by atoms with E-state index in [0.29, 0.717) is 41.1 Å². The van der Waals surface area contributed by atoms with E-state index in [9.17, 15) is 5.26 Å². The minimum Gasteiger partial charge on any atom is -0.490 e. The highest BCUT2D eigenvalue weighted by atomic mass is 35.5. The number of allylic oxidation sites excluding steroid dienone is 1. The first-order chi connectivity index (χ1) is 16.0. The normalized spacial score (nSPS) is 11.4. The fourth-order valence-corrected chi connectivity index (χ4v) is 3.68. The molecule has 0 atom stereocenters. The smallest absolute Gasteiger partial charge is 0.161 e. The van der Waals surface area contributed by atoms with Crippen LogP contribution in [0.25, 0.3) is 22.7 Å². The summed E-state index contributed by atoms with van der Waals surface area (Å²) in [4.78, 5) is 7.87. The SMILES string of the molecule is CCOc1cc(/C=C(\C#N)c2nc3cc(C)c(C)cc3[nH]2)ccc1OCc1ccccc1Cl. The van der Waals surface area contributed by atoms with Crippen LogP contribution in [0.5, 0.6) is 11.5 Å². The van der Waals surface area contributed by atoms with Gasteiger partial charge >= 0.3 is 0 Å². The van der Waals surface area contributed by atoms with E-state index < -0.39 is 0 Å². The second-order valence-electron chi connectivity index (χ2n) is 7.73. The Labute approximate surface area is 198 Å². The molecule has 4 rings (SSSR count). The van der Waals surface area contributed by atoms with E-state index in [4.69, 9.17) is 21.1 Å². The van der Waals surface area contributed by atoms with Crippen molar-refractivity contribution in [2.24, 2.45) is 0 Å². The Morgan fingerprint density at radius 1 is 1.06 bits per heavy atom. The number of hydrogen-bond acceptors (Lipinski definition) is 4. The number of imidazole rings is 1. The van der Waals surface area contributed by atoms with Gasteiger partial charge < -0.3 is 14.5 Å². The van der Waals surface area contributed by atoms with Gasteiger partial charge in [-0.25, -0.2) is 4.98 Å². The molecule has 33 heavy (non-hydrogen) atoms. The first kappa shape index (κ1) is 22.4. The number of benzene rings is 3. The van der Waals surface area contributed by atoms with Crippen LogP contribution in [-0.2, 0) is 6.61 Å². The van der Waals surface area contributed by atoms with Gasteiger partial charge in [-0.2, -0.15) is 5.26 Å². The van der Waals surface area contributed by atoms with Crippen molar-refractivity contribution in [2.45, 2.75) is 27.4 Å². The van der Waals surface area contributed by atoms with Crippen LogP contribution in [0.15, 0.2) is 54.6 Å². The molecule has 0 aliphatic heterocycles. The van der Waals surface area contributed by atoms with E-state index in [1.54, 1.807) is 6.08 Å². The van der Waals surface area contributed by atoms with Crippen molar-refractivity contribution < 1.29 is 9.47 Å². The summed E-state index contributed by atoms with van der Waals surface area (Å²) in [6, 6.07) is 19.5. The number of hydrogen-bond donors (Lipinski definition) is 1. The molecule has 0 aliphatic rings. The number of nitrogens with one attached hydrogen (secondary N) is 1. The standard InChI is InChI=1S/C27H24ClN3O2/c1-4-32-26-14-19(9-10-25(26)33-16-20-7-5-6-8-22(20)28)13-21(15-29)27-30-23-11-17(2)18(3)12-24(23)31-27/h5-14H,4,16H2,1-3H3,(H,30,31)/b21-13+. The Kier molecular flexibility index (Phi) is 6.67. The average molecular weight is 458 g/mol. The molecule has 1 N–H and O–H groups in total. The summed E-state index contributed by atoms with van der Waals surface area (Å²) in [6.07, 6.45) is 1.79. The summed E-state index contributed by atoms with van der Waals surface area (Å²) in [5.41, 5.74) is 6.24. The maximum absolute atomic E-state index is 9.79. The molecule has 0 radical (unpaired) electrons. The maximum atomic E-state index is 9.79. The lowest BCUT2D eigenvalue weighted by molar-refractivity contribution is 0.269. The fraction of sp³-hybridized carbons (Fsp3) is 0.185. The van der Waals surface area contributed by atoms with E-state index in [2.05, 4.69) is 36.0 Å². The molecule has 1 heterocycles. The Balaban J connectivity index is 1.63. The molecule has 4 aromatic rings. The van der Waals surface area contributed by atoms with Crippen molar-refractivity contribution in [3.63, 3.8) is 0 Å². The van der Waals surface area contributed by atoms with Crippen LogP contribution >= 0.6 is 11.6 Å². The highest BCUT2D eigenvalue weighted by Gasteiger charge is 2.12. The predicted molar refractivity (Wildman–Crippen MR) is 132 cm³/mol. The summed E-state index contributed by atoms with van der Waals surface area (Å²) in [6.45, 7) is 6.84. The third-order valence-corrected chi connectivity index (χ3v) is 5.76. The van der Waals surface area contributed by atoms with E-state index in [1.165, 1.54) is 5.56 Å². The molecule has 6 heteroatoms. The van der Waals surface area contributed by atoms with Gasteiger partial charge in [0.05, 0.1) is 23.2 Å². The Morgan fingerprint density at radius 3 is 2.61 bits per heavy atom. The lowest BCUT2D eigenvalue weighted by Gasteiger charge is -2.13. The van der Waals surface area contributed by atoms with Gasteiger partial charge in [-0.15, -0.1) is 0 Å². The van der Waals surface area contributed by atoms with Gasteiger partial charge in [-0.1, -0.05) is 35.9 Å². The van der Waals surface area contributed by atoms with Crippen LogP contribution in [0, 0.1) is 25.2 Å². The molecule has 0 bridgehead atoms. The molecule has 3 aromatic carbocycles. The summed E-state index contributed by atoms with van der Waals surface area (Å²) < 4.78 is 11.8. The second kappa shape index (κ2) is 9.81. The maximum Gasteiger partial charge on any atom is 0.161 e. The number of ether oxygens (including phenoxy) is 2. The largest absolute Gasteiger partial charge is 0.490 e. The zero-order valence-corrected chi connectivity index (χ0v) is 19.5. The first-order valence-corrected chi connectivity index (χ1v) is 11.1. The van der Waals surface area contributed by atoms with Crippen LogP contribution < -0.4 is 9.47 Å². The molecule has 0 saturated carbocycles. The Bertz CT molecular complexity index is 1340. The first-order valence-electron chi connectivity index (χ1n) is 10.7. The number of aromatic nitrogens is 2. The Morgan fingerprint density at radius 2 is 1.85 bits per heavy atom. The molecule has 5 nitrogen and oxygen atoms in total. The molecule has 0 spiro atoms. The number of H-pyrrole nitrogens is 1. The highest BCUT2D eigenvalue weighted by Crippen LogP contribution is 2.31. The molecular weight excluding hydrogens is 434 g/mol. The quantitative estimate of drug-likeness (QED) is 0.307. The minimum atomic E-state index is 0.330. The van der Waals surface area contributed by atoms with Crippen LogP contribution in [-0.4, -0.2) is 16.6 Å². The number of nitriles is 1. The number of aromatic amines is 1. The molecule has 1 aromatic heterocycles. The lowest BCUT2D eigenvalue weighted by atomic mass is 10.1. The van der Waals surface area contributed by atoms with Gasteiger partial charge in [0.25, 0.3) is 0 Å². The monoisotopic (exact) mass is 457 g/mol. The summed E-state index contributed by atoms with van der Waals surface area (Å²) in [5.74, 6) is 1.75. The van der Waals surface area contributed by atoms with Gasteiger partial charge in [0.2, 0.25) is 0 Å². The van der Waals surface area contributed by atoms with Crippen molar-refractivity contribution >= 4 is 34.3 Å². The van der Waals surface area contributed by atoms with Crippen molar-refractivity contribution in [3.8, 4) is 17.6 Å². The third kappa shape index (κ3) is 5.02. The lowest BCUT2D eigenvalue weighted by Crippen LogP contribution is -2.00. The molecule has 0 unspecified atom stereocenters. The van der Waals surface area contributed by atoms with Crippen molar-refractivity contribution in [1.29, 1.82) is 5.26 Å². The summed E-state index contributed by atoms with van der Waals surface area (Å²) in [7, 11) is 0. The number of fused-ring (bicyclic) bond motifs is 1. The van der Waals surface area contributed by atoms with E-state index in [1.807, 2.05) is 55.5 Å². The molecule has 0 aliphatic carbocycles. The second-order valence-corrected chi connectivity index (χ2v) is 8.14. The van der Waals surface area contributed by atoms with Gasteiger partial charge in [0.1, 0.15) is 18.5 Å². The van der Waals surface area contributed by atoms with E-state index >= 15 is 0 Å². The van der Waals surface area contributed by atoms with Gasteiger partial charge in [-0.05, 0) is 73.9 Å². The zero-order chi connectivity index (χ0) is 23.4. The molecule has 0 amide bonds. The van der Waals surface area contributed by atoms with Crippen LogP contribution in [0.3, 0.4) is 0 Å². The highest BCUT2D eigenvalue weighted by molar-refractivity contribution is 6.31. The summed E-state index contributed by atoms with van der Waals surface area (Å²) in [5, 5.41) is 10.4.